The molecule has 1 aliphatic heterocycles. The van der Waals surface area contributed by atoms with Crippen LogP contribution in [0.25, 0.3) is 16.1 Å². The molecule has 118 valence electrons. The van der Waals surface area contributed by atoms with Gasteiger partial charge in [-0.3, -0.25) is 0 Å². The number of anilines is 2. The normalized spacial score (nSPS) is 13.0. The van der Waals surface area contributed by atoms with Gasteiger partial charge in [-0.25, -0.2) is 9.53 Å². The van der Waals surface area contributed by atoms with Crippen LogP contribution in [0.15, 0.2) is 42.5 Å². The third kappa shape index (κ3) is 2.32. The largest absolute Gasteiger partial charge is 0.340 e. The summed E-state index contributed by atoms with van der Waals surface area (Å²) in [6, 6.07) is 13.5. The Hall–Kier alpha value is -2.84. The molecule has 0 radical (unpaired) electrons. The molecule has 2 aromatic carbocycles. The van der Waals surface area contributed by atoms with Gasteiger partial charge in [0, 0.05) is 28.5 Å². The van der Waals surface area contributed by atoms with Crippen molar-refractivity contribution in [1.29, 1.82) is 0 Å². The molecule has 24 heavy (non-hydrogen) atoms. The average molecular weight is 336 g/mol. The molecule has 3 aromatic rings. The minimum Gasteiger partial charge on any atom is -0.340 e. The summed E-state index contributed by atoms with van der Waals surface area (Å²) in [5.41, 5.74) is 5.60. The number of halogens is 1. The highest BCUT2D eigenvalue weighted by Gasteiger charge is 2.24. The van der Waals surface area contributed by atoms with Crippen LogP contribution in [0, 0.1) is 13.5 Å². The molecule has 5 nitrogen and oxygen atoms in total. The van der Waals surface area contributed by atoms with Crippen LogP contribution in [0.2, 0.25) is 5.02 Å². The van der Waals surface area contributed by atoms with Gasteiger partial charge >= 0.3 is 0 Å². The first-order valence-corrected chi connectivity index (χ1v) is 8.00. The second-order valence-electron chi connectivity index (χ2n) is 5.69. The third-order valence-corrected chi connectivity index (χ3v) is 4.49. The Morgan fingerprint density at radius 3 is 2.67 bits per heavy atom. The van der Waals surface area contributed by atoms with Gasteiger partial charge in [0.1, 0.15) is 0 Å². The average Bonchev–Trinajstić information content (AvgIpc) is 2.88. The molecule has 6 heteroatoms. The Balaban J connectivity index is 1.94. The van der Waals surface area contributed by atoms with Crippen molar-refractivity contribution in [3.05, 3.63) is 64.6 Å². The van der Waals surface area contributed by atoms with E-state index < -0.39 is 0 Å². The van der Waals surface area contributed by atoms with Crippen LogP contribution in [-0.4, -0.2) is 21.5 Å². The van der Waals surface area contributed by atoms with Gasteiger partial charge in [-0.2, -0.15) is 0 Å². The minimum atomic E-state index is 0.617. The van der Waals surface area contributed by atoms with Crippen molar-refractivity contribution in [2.45, 2.75) is 13.5 Å². The second kappa shape index (κ2) is 5.66. The first-order valence-electron chi connectivity index (χ1n) is 7.62. The van der Waals surface area contributed by atoms with Gasteiger partial charge in [-0.1, -0.05) is 28.9 Å². The molecule has 0 amide bonds. The first kappa shape index (κ1) is 14.7. The number of rotatable bonds is 1. The number of nitrogens with zero attached hydrogens (tertiary/aromatic N) is 5. The molecule has 4 rings (SSSR count). The summed E-state index contributed by atoms with van der Waals surface area (Å²) in [7, 11) is 0. The lowest BCUT2D eigenvalue weighted by atomic mass is 10.1. The molecule has 0 bridgehead atoms. The fourth-order valence-electron chi connectivity index (χ4n) is 3.11. The summed E-state index contributed by atoms with van der Waals surface area (Å²) < 4.78 is 1.93. The molecule has 0 unspecified atom stereocenters. The van der Waals surface area contributed by atoms with Gasteiger partial charge in [0.25, 0.3) is 0 Å². The van der Waals surface area contributed by atoms with E-state index in [2.05, 4.69) is 20.1 Å². The number of fused-ring (bicyclic) bond motifs is 3. The van der Waals surface area contributed by atoms with Crippen molar-refractivity contribution >= 4 is 28.7 Å². The Labute approximate surface area is 144 Å². The SMILES string of the molecule is [C-]#[N+]c1ccc2c(c1)N(c1ccc(Cl)cc1)CCn1nnc(C)c1-2. The Kier molecular flexibility index (Phi) is 3.47. The highest BCUT2D eigenvalue weighted by molar-refractivity contribution is 6.30. The van der Waals surface area contributed by atoms with E-state index in [0.717, 1.165) is 41.4 Å². The van der Waals surface area contributed by atoms with E-state index in [0.29, 0.717) is 10.7 Å². The maximum Gasteiger partial charge on any atom is 0.189 e. The van der Waals surface area contributed by atoms with Crippen LogP contribution in [0.5, 0.6) is 0 Å². The fourth-order valence-corrected chi connectivity index (χ4v) is 3.23. The number of aryl methyl sites for hydroxylation is 1. The summed E-state index contributed by atoms with van der Waals surface area (Å²) in [6.45, 7) is 10.8. The summed E-state index contributed by atoms with van der Waals surface area (Å²) in [5.74, 6) is 0. The fraction of sp³-hybridized carbons (Fsp3) is 0.167. The van der Waals surface area contributed by atoms with E-state index in [4.69, 9.17) is 18.2 Å². The summed E-state index contributed by atoms with van der Waals surface area (Å²) in [5, 5.41) is 9.17. The third-order valence-electron chi connectivity index (χ3n) is 4.23. The number of hydrogen-bond donors (Lipinski definition) is 0. The molecule has 0 spiro atoms. The molecular formula is C18H14ClN5. The highest BCUT2D eigenvalue weighted by Crippen LogP contribution is 2.40. The van der Waals surface area contributed by atoms with Crippen LogP contribution in [-0.2, 0) is 6.54 Å². The van der Waals surface area contributed by atoms with Crippen molar-refractivity contribution in [1.82, 2.24) is 15.0 Å². The monoisotopic (exact) mass is 335 g/mol. The van der Waals surface area contributed by atoms with Crippen LogP contribution in [0.4, 0.5) is 17.1 Å². The van der Waals surface area contributed by atoms with Gasteiger partial charge in [0.2, 0.25) is 0 Å². The molecule has 0 fully saturated rings. The molecule has 0 atom stereocenters. The Morgan fingerprint density at radius 1 is 1.12 bits per heavy atom. The number of benzene rings is 2. The topological polar surface area (TPSA) is 38.3 Å². The summed E-state index contributed by atoms with van der Waals surface area (Å²) in [4.78, 5) is 5.78. The van der Waals surface area contributed by atoms with Gasteiger partial charge in [0.05, 0.1) is 24.5 Å². The second-order valence-corrected chi connectivity index (χ2v) is 6.12. The minimum absolute atomic E-state index is 0.617. The maximum atomic E-state index is 7.33. The van der Waals surface area contributed by atoms with Crippen molar-refractivity contribution in [3.8, 4) is 11.3 Å². The quantitative estimate of drug-likeness (QED) is 0.609. The molecule has 0 N–H and O–H groups in total. The highest BCUT2D eigenvalue weighted by atomic mass is 35.5. The Morgan fingerprint density at radius 2 is 1.92 bits per heavy atom. The van der Waals surface area contributed by atoms with E-state index in [-0.39, 0.29) is 0 Å². The molecule has 0 saturated carbocycles. The zero-order chi connectivity index (χ0) is 16.7. The molecular weight excluding hydrogens is 322 g/mol. The van der Waals surface area contributed by atoms with Gasteiger partial charge in [-0.15, -0.1) is 5.10 Å². The zero-order valence-corrected chi connectivity index (χ0v) is 13.8. The standard InChI is InChI=1S/C18H14ClN5/c1-12-18-16-8-5-14(20-2)11-17(16)23(9-10-24(18)22-21-12)15-6-3-13(19)4-7-15/h3-8,11H,9-10H2,1H3. The van der Waals surface area contributed by atoms with E-state index in [1.54, 1.807) is 0 Å². The van der Waals surface area contributed by atoms with Crippen molar-refractivity contribution in [3.63, 3.8) is 0 Å². The zero-order valence-electron chi connectivity index (χ0n) is 13.1. The number of aromatic nitrogens is 3. The predicted octanol–water partition coefficient (Wildman–Crippen LogP) is 4.61. The van der Waals surface area contributed by atoms with Crippen LogP contribution < -0.4 is 4.90 Å². The van der Waals surface area contributed by atoms with Crippen LogP contribution in [0.1, 0.15) is 5.69 Å². The maximum absolute atomic E-state index is 7.33. The lowest BCUT2D eigenvalue weighted by Crippen LogP contribution is -2.21. The van der Waals surface area contributed by atoms with Crippen LogP contribution in [0.3, 0.4) is 0 Å². The molecule has 0 saturated heterocycles. The van der Waals surface area contributed by atoms with E-state index in [1.165, 1.54) is 0 Å². The van der Waals surface area contributed by atoms with E-state index >= 15 is 0 Å². The lowest BCUT2D eigenvalue weighted by molar-refractivity contribution is 0.605. The van der Waals surface area contributed by atoms with Crippen molar-refractivity contribution in [2.75, 3.05) is 11.4 Å². The van der Waals surface area contributed by atoms with Gasteiger partial charge in [-0.05, 0) is 37.3 Å². The summed E-state index contributed by atoms with van der Waals surface area (Å²) >= 11 is 6.03. The van der Waals surface area contributed by atoms with Crippen molar-refractivity contribution in [2.24, 2.45) is 0 Å². The molecule has 2 heterocycles. The summed E-state index contributed by atoms with van der Waals surface area (Å²) in [6.07, 6.45) is 0. The van der Waals surface area contributed by atoms with E-state index in [9.17, 15) is 0 Å². The van der Waals surface area contributed by atoms with Crippen LogP contribution >= 0.6 is 11.6 Å². The molecule has 1 aliphatic rings. The first-order chi connectivity index (χ1) is 11.7. The van der Waals surface area contributed by atoms with Gasteiger partial charge in [0.15, 0.2) is 5.69 Å². The van der Waals surface area contributed by atoms with Crippen molar-refractivity contribution < 1.29 is 0 Å². The van der Waals surface area contributed by atoms with E-state index in [1.807, 2.05) is 54.1 Å². The molecule has 0 aliphatic carbocycles. The molecule has 1 aromatic heterocycles. The number of hydrogen-bond acceptors (Lipinski definition) is 3. The van der Waals surface area contributed by atoms with Gasteiger partial charge < -0.3 is 4.90 Å². The lowest BCUT2D eigenvalue weighted by Gasteiger charge is -2.25. The smallest absolute Gasteiger partial charge is 0.189 e. The predicted molar refractivity (Wildman–Crippen MR) is 94.9 cm³/mol. The Bertz CT molecular complexity index is 953.